The van der Waals surface area contributed by atoms with Crippen molar-refractivity contribution < 1.29 is 8.42 Å². The fourth-order valence-electron chi connectivity index (χ4n) is 2.88. The van der Waals surface area contributed by atoms with Gasteiger partial charge in [0, 0.05) is 13.1 Å². The molecule has 0 radical (unpaired) electrons. The van der Waals surface area contributed by atoms with Crippen molar-refractivity contribution in [2.24, 2.45) is 5.92 Å². The predicted molar refractivity (Wildman–Crippen MR) is 87.0 cm³/mol. The largest absolute Gasteiger partial charge is 0.397 e. The number of aryl methyl sites for hydroxylation is 1. The van der Waals surface area contributed by atoms with E-state index < -0.39 is 10.0 Å². The van der Waals surface area contributed by atoms with Crippen molar-refractivity contribution in [3.05, 3.63) is 22.7 Å². The second-order valence-corrected chi connectivity index (χ2v) is 8.45. The Bertz CT molecular complexity index is 600. The van der Waals surface area contributed by atoms with Gasteiger partial charge in [-0.3, -0.25) is 0 Å². The van der Waals surface area contributed by atoms with E-state index in [1.807, 2.05) is 0 Å². The number of halogens is 1. The van der Waals surface area contributed by atoms with Crippen molar-refractivity contribution in [1.29, 1.82) is 0 Å². The number of nitrogens with zero attached hydrogens (tertiary/aromatic N) is 1. The molecule has 2 rings (SSSR count). The van der Waals surface area contributed by atoms with Gasteiger partial charge in [0.05, 0.1) is 15.6 Å². The molecule has 1 aromatic carbocycles. The number of nitrogen functional groups attached to an aromatic ring is 1. The molecule has 4 nitrogen and oxygen atoms in total. The first-order valence-electron chi connectivity index (χ1n) is 7.27. The standard InChI is InChI=1S/C15H23ClN2O2S/c1-10-4-6-12(7-5-10)18(3)21(19,20)13-8-11(2)15(16)14(17)9-13/h8-10,12H,4-7,17H2,1-3H3. The van der Waals surface area contributed by atoms with Crippen molar-refractivity contribution in [1.82, 2.24) is 4.31 Å². The Morgan fingerprint density at radius 2 is 1.81 bits per heavy atom. The van der Waals surface area contributed by atoms with Gasteiger partial charge >= 0.3 is 0 Å². The van der Waals surface area contributed by atoms with Gasteiger partial charge in [0.1, 0.15) is 0 Å². The van der Waals surface area contributed by atoms with E-state index in [4.69, 9.17) is 17.3 Å². The summed E-state index contributed by atoms with van der Waals surface area (Å²) in [4.78, 5) is 0.225. The topological polar surface area (TPSA) is 63.4 Å². The molecule has 2 N–H and O–H groups in total. The van der Waals surface area contributed by atoms with E-state index in [1.165, 1.54) is 10.4 Å². The van der Waals surface area contributed by atoms with Gasteiger partial charge in [0.2, 0.25) is 10.0 Å². The Hall–Kier alpha value is -0.780. The summed E-state index contributed by atoms with van der Waals surface area (Å²) in [6.07, 6.45) is 3.98. The minimum absolute atomic E-state index is 0.0726. The quantitative estimate of drug-likeness (QED) is 0.863. The van der Waals surface area contributed by atoms with Gasteiger partial charge in [0.15, 0.2) is 0 Å². The van der Waals surface area contributed by atoms with Gasteiger partial charge < -0.3 is 5.73 Å². The number of anilines is 1. The number of hydrogen-bond donors (Lipinski definition) is 1. The summed E-state index contributed by atoms with van der Waals surface area (Å²) in [5.74, 6) is 0.686. The van der Waals surface area contributed by atoms with Gasteiger partial charge in [0.25, 0.3) is 0 Å². The highest BCUT2D eigenvalue weighted by Gasteiger charge is 2.31. The van der Waals surface area contributed by atoms with Crippen LogP contribution in [0.5, 0.6) is 0 Å². The van der Waals surface area contributed by atoms with E-state index in [0.29, 0.717) is 22.2 Å². The summed E-state index contributed by atoms with van der Waals surface area (Å²) < 4.78 is 27.0. The van der Waals surface area contributed by atoms with Gasteiger partial charge in [-0.2, -0.15) is 4.31 Å². The van der Waals surface area contributed by atoms with Gasteiger partial charge in [-0.05, 0) is 56.2 Å². The fraction of sp³-hybridized carbons (Fsp3) is 0.600. The third-order valence-corrected chi connectivity index (χ3v) is 6.84. The molecular weight excluding hydrogens is 308 g/mol. The first-order chi connectivity index (χ1) is 9.73. The maximum Gasteiger partial charge on any atom is 0.243 e. The van der Waals surface area contributed by atoms with Crippen molar-refractivity contribution in [3.63, 3.8) is 0 Å². The van der Waals surface area contributed by atoms with Crippen LogP contribution >= 0.6 is 11.6 Å². The van der Waals surface area contributed by atoms with E-state index in [9.17, 15) is 8.42 Å². The lowest BCUT2D eigenvalue weighted by atomic mass is 9.87. The zero-order valence-electron chi connectivity index (χ0n) is 12.8. The van der Waals surface area contributed by atoms with Gasteiger partial charge in [-0.1, -0.05) is 18.5 Å². The summed E-state index contributed by atoms with van der Waals surface area (Å²) >= 11 is 6.01. The fourth-order valence-corrected chi connectivity index (χ4v) is 4.53. The molecule has 21 heavy (non-hydrogen) atoms. The smallest absolute Gasteiger partial charge is 0.243 e. The van der Waals surface area contributed by atoms with Crippen molar-refractivity contribution >= 4 is 27.3 Å². The van der Waals surface area contributed by atoms with Crippen LogP contribution in [0.1, 0.15) is 38.2 Å². The monoisotopic (exact) mass is 330 g/mol. The molecule has 0 spiro atoms. The molecule has 6 heteroatoms. The van der Waals surface area contributed by atoms with Crippen LogP contribution in [-0.2, 0) is 10.0 Å². The molecular formula is C15H23ClN2O2S. The normalized spacial score (nSPS) is 23.5. The lowest BCUT2D eigenvalue weighted by molar-refractivity contribution is 0.246. The number of benzene rings is 1. The Balaban J connectivity index is 2.29. The average Bonchev–Trinajstić information content (AvgIpc) is 2.44. The molecule has 1 aliphatic rings. The minimum Gasteiger partial charge on any atom is -0.397 e. The maximum absolute atomic E-state index is 12.8. The summed E-state index contributed by atoms with van der Waals surface area (Å²) in [6.45, 7) is 3.98. The molecule has 0 atom stereocenters. The average molecular weight is 331 g/mol. The Morgan fingerprint density at radius 3 is 2.33 bits per heavy atom. The Morgan fingerprint density at radius 1 is 1.24 bits per heavy atom. The Kier molecular flexibility index (Phi) is 4.85. The lowest BCUT2D eigenvalue weighted by Gasteiger charge is -2.33. The predicted octanol–water partition coefficient (Wildman–Crippen LogP) is 3.43. The molecule has 0 amide bonds. The van der Waals surface area contributed by atoms with Crippen molar-refractivity contribution in [2.45, 2.75) is 50.5 Å². The van der Waals surface area contributed by atoms with Crippen LogP contribution in [0.4, 0.5) is 5.69 Å². The van der Waals surface area contributed by atoms with Crippen molar-refractivity contribution in [3.8, 4) is 0 Å². The van der Waals surface area contributed by atoms with Crippen LogP contribution in [-0.4, -0.2) is 25.8 Å². The van der Waals surface area contributed by atoms with Crippen LogP contribution < -0.4 is 5.73 Å². The Labute approximate surface area is 132 Å². The molecule has 0 aliphatic heterocycles. The summed E-state index contributed by atoms with van der Waals surface area (Å²) in [6, 6.07) is 3.12. The van der Waals surface area contributed by atoms with Crippen LogP contribution in [0.3, 0.4) is 0 Å². The highest BCUT2D eigenvalue weighted by molar-refractivity contribution is 7.89. The lowest BCUT2D eigenvalue weighted by Crippen LogP contribution is -2.39. The van der Waals surface area contributed by atoms with Gasteiger partial charge in [-0.25, -0.2) is 8.42 Å². The molecule has 0 heterocycles. The van der Waals surface area contributed by atoms with Crippen LogP contribution in [0.15, 0.2) is 17.0 Å². The number of sulfonamides is 1. The molecule has 0 saturated heterocycles. The third kappa shape index (κ3) is 3.35. The van der Waals surface area contributed by atoms with E-state index in [1.54, 1.807) is 20.0 Å². The van der Waals surface area contributed by atoms with E-state index >= 15 is 0 Å². The number of rotatable bonds is 3. The highest BCUT2D eigenvalue weighted by Crippen LogP contribution is 2.32. The van der Waals surface area contributed by atoms with Crippen molar-refractivity contribution in [2.75, 3.05) is 12.8 Å². The first kappa shape index (κ1) is 16.6. The number of nitrogens with two attached hydrogens (primary N) is 1. The highest BCUT2D eigenvalue weighted by atomic mass is 35.5. The zero-order valence-corrected chi connectivity index (χ0v) is 14.3. The maximum atomic E-state index is 12.8. The molecule has 1 saturated carbocycles. The first-order valence-corrected chi connectivity index (χ1v) is 9.09. The molecule has 0 bridgehead atoms. The zero-order chi connectivity index (χ0) is 15.8. The summed E-state index contributed by atoms with van der Waals surface area (Å²) in [5.41, 5.74) is 6.79. The SMILES string of the molecule is Cc1cc(S(=O)(=O)N(C)C2CCC(C)CC2)cc(N)c1Cl. The molecule has 1 aromatic rings. The van der Waals surface area contributed by atoms with E-state index in [-0.39, 0.29) is 10.9 Å². The van der Waals surface area contributed by atoms with Gasteiger partial charge in [-0.15, -0.1) is 0 Å². The molecule has 0 unspecified atom stereocenters. The van der Waals surface area contributed by atoms with Crippen LogP contribution in [0.2, 0.25) is 5.02 Å². The number of hydrogen-bond acceptors (Lipinski definition) is 3. The summed E-state index contributed by atoms with van der Waals surface area (Å²) in [5, 5.41) is 0.420. The molecule has 1 aliphatic carbocycles. The molecule has 1 fully saturated rings. The van der Waals surface area contributed by atoms with E-state index in [2.05, 4.69) is 6.92 Å². The molecule has 118 valence electrons. The van der Waals surface area contributed by atoms with Crippen LogP contribution in [0.25, 0.3) is 0 Å². The molecule has 0 aromatic heterocycles. The van der Waals surface area contributed by atoms with Crippen LogP contribution in [0, 0.1) is 12.8 Å². The van der Waals surface area contributed by atoms with E-state index in [0.717, 1.165) is 25.7 Å². The third-order valence-electron chi connectivity index (χ3n) is 4.43. The summed E-state index contributed by atoms with van der Waals surface area (Å²) in [7, 11) is -1.86. The second kappa shape index (κ2) is 6.15. The minimum atomic E-state index is -3.52. The second-order valence-electron chi connectivity index (χ2n) is 6.08.